The summed E-state index contributed by atoms with van der Waals surface area (Å²) in [6.07, 6.45) is 1.47. The maximum absolute atomic E-state index is 11.9. The summed E-state index contributed by atoms with van der Waals surface area (Å²) in [5.41, 5.74) is -1.49. The predicted molar refractivity (Wildman–Crippen MR) is 71.9 cm³/mol. The van der Waals surface area contributed by atoms with E-state index in [0.29, 0.717) is 0 Å². The van der Waals surface area contributed by atoms with Crippen LogP contribution in [-0.4, -0.2) is 20.7 Å². The van der Waals surface area contributed by atoms with Crippen LogP contribution in [0.2, 0.25) is 0 Å². The van der Waals surface area contributed by atoms with Crippen LogP contribution < -0.4 is 5.32 Å². The number of nitrogens with one attached hydrogen (secondary N) is 1. The number of aromatic nitrogens is 1. The molecular weight excluding hydrogens is 280 g/mol. The largest absolute Gasteiger partial charge is 0.346 e. The Hall–Kier alpha value is -3.36. The molecule has 0 unspecified atom stereocenters. The molecule has 0 aliphatic heterocycles. The summed E-state index contributed by atoms with van der Waals surface area (Å²) in [6, 6.07) is 7.77. The third-order valence-corrected chi connectivity index (χ3v) is 2.54. The van der Waals surface area contributed by atoms with Crippen molar-refractivity contribution in [3.05, 3.63) is 68.4 Å². The third kappa shape index (κ3) is 3.15. The second-order valence-electron chi connectivity index (χ2n) is 3.89. The Labute approximate surface area is 117 Å². The summed E-state index contributed by atoms with van der Waals surface area (Å²) in [4.78, 5) is 35.5. The molecule has 2 rings (SSSR count). The van der Waals surface area contributed by atoms with E-state index < -0.39 is 27.1 Å². The average Bonchev–Trinajstić information content (AvgIpc) is 2.47. The van der Waals surface area contributed by atoms with Crippen LogP contribution in [0.1, 0.15) is 10.4 Å². The first-order chi connectivity index (χ1) is 9.99. The van der Waals surface area contributed by atoms with Crippen LogP contribution in [-0.2, 0) is 0 Å². The molecule has 0 aliphatic carbocycles. The number of benzene rings is 1. The fraction of sp³-hybridized carbons (Fsp3) is 0. The van der Waals surface area contributed by atoms with E-state index >= 15 is 0 Å². The summed E-state index contributed by atoms with van der Waals surface area (Å²) >= 11 is 0. The van der Waals surface area contributed by atoms with Gasteiger partial charge in [0.15, 0.2) is 0 Å². The highest BCUT2D eigenvalue weighted by atomic mass is 16.6. The summed E-state index contributed by atoms with van der Waals surface area (Å²) < 4.78 is 0. The Morgan fingerprint density at radius 2 is 1.76 bits per heavy atom. The molecule has 1 aromatic heterocycles. The topological polar surface area (TPSA) is 128 Å². The minimum absolute atomic E-state index is 0.0713. The van der Waals surface area contributed by atoms with Gasteiger partial charge in [-0.1, -0.05) is 6.07 Å². The molecule has 0 saturated carbocycles. The van der Waals surface area contributed by atoms with Crippen molar-refractivity contribution in [2.24, 2.45) is 0 Å². The minimum atomic E-state index is -0.907. The Kier molecular flexibility index (Phi) is 3.84. The van der Waals surface area contributed by atoms with Gasteiger partial charge in [0.1, 0.15) is 5.82 Å². The summed E-state index contributed by atoms with van der Waals surface area (Å²) in [7, 11) is 0. The van der Waals surface area contributed by atoms with Gasteiger partial charge in [0.05, 0.1) is 9.85 Å². The number of nitro groups is 2. The average molecular weight is 288 g/mol. The number of anilines is 1. The number of nitrogens with zero attached hydrogens (tertiary/aromatic N) is 3. The normalized spacial score (nSPS) is 9.90. The van der Waals surface area contributed by atoms with Gasteiger partial charge in [0.25, 0.3) is 5.91 Å². The molecule has 0 aliphatic rings. The molecule has 21 heavy (non-hydrogen) atoms. The first kappa shape index (κ1) is 14.1. The van der Waals surface area contributed by atoms with E-state index in [0.717, 1.165) is 18.2 Å². The highest BCUT2D eigenvalue weighted by Crippen LogP contribution is 2.27. The first-order valence-electron chi connectivity index (χ1n) is 5.64. The van der Waals surface area contributed by atoms with E-state index in [4.69, 9.17) is 0 Å². The lowest BCUT2D eigenvalue weighted by Crippen LogP contribution is -2.13. The first-order valence-corrected chi connectivity index (χ1v) is 5.64. The maximum atomic E-state index is 11.9. The van der Waals surface area contributed by atoms with Gasteiger partial charge in [-0.05, 0) is 18.2 Å². The van der Waals surface area contributed by atoms with Gasteiger partial charge in [0, 0.05) is 23.9 Å². The number of rotatable bonds is 4. The molecular formula is C12H8N4O5. The van der Waals surface area contributed by atoms with Crippen molar-refractivity contribution < 1.29 is 14.6 Å². The summed E-state index contributed by atoms with van der Waals surface area (Å²) in [6.45, 7) is 0. The Bertz CT molecular complexity index is 717. The van der Waals surface area contributed by atoms with Crippen LogP contribution in [0.25, 0.3) is 0 Å². The van der Waals surface area contributed by atoms with E-state index in [1.807, 2.05) is 0 Å². The van der Waals surface area contributed by atoms with Crippen LogP contribution in [0.3, 0.4) is 0 Å². The van der Waals surface area contributed by atoms with Gasteiger partial charge < -0.3 is 5.32 Å². The van der Waals surface area contributed by atoms with Gasteiger partial charge in [-0.2, -0.15) is 0 Å². The fourth-order valence-electron chi connectivity index (χ4n) is 1.59. The minimum Gasteiger partial charge on any atom is -0.307 e. The molecule has 106 valence electrons. The zero-order valence-corrected chi connectivity index (χ0v) is 10.4. The number of hydrogen-bond donors (Lipinski definition) is 1. The second kappa shape index (κ2) is 5.74. The fourth-order valence-corrected chi connectivity index (χ4v) is 1.59. The maximum Gasteiger partial charge on any atom is 0.346 e. The number of carbonyl (C=O) groups excluding carboxylic acids is 1. The second-order valence-corrected chi connectivity index (χ2v) is 3.89. The molecule has 9 nitrogen and oxygen atoms in total. The SMILES string of the molecule is O=C(Nc1ccccn1)c1ccc([N+](=O)[O-])c([N+](=O)[O-])c1. The van der Waals surface area contributed by atoms with Crippen molar-refractivity contribution >= 4 is 23.1 Å². The molecule has 1 amide bonds. The molecule has 0 fully saturated rings. The van der Waals surface area contributed by atoms with Crippen LogP contribution in [0, 0.1) is 20.2 Å². The Morgan fingerprint density at radius 1 is 1.05 bits per heavy atom. The molecule has 0 bridgehead atoms. The monoisotopic (exact) mass is 288 g/mol. The lowest BCUT2D eigenvalue weighted by Gasteiger charge is -2.04. The van der Waals surface area contributed by atoms with Gasteiger partial charge in [-0.15, -0.1) is 0 Å². The van der Waals surface area contributed by atoms with E-state index in [1.54, 1.807) is 12.1 Å². The number of nitro benzene ring substituents is 2. The zero-order valence-electron chi connectivity index (χ0n) is 10.4. The summed E-state index contributed by atoms with van der Waals surface area (Å²) in [5.74, 6) is -0.379. The van der Waals surface area contributed by atoms with Gasteiger partial charge in [0.2, 0.25) is 0 Å². The van der Waals surface area contributed by atoms with Gasteiger partial charge in [-0.25, -0.2) is 4.98 Å². The highest BCUT2D eigenvalue weighted by Gasteiger charge is 2.25. The molecule has 9 heteroatoms. The van der Waals surface area contributed by atoms with Crippen molar-refractivity contribution in [1.82, 2.24) is 4.98 Å². The number of hydrogen-bond acceptors (Lipinski definition) is 6. The van der Waals surface area contributed by atoms with E-state index in [-0.39, 0.29) is 11.4 Å². The van der Waals surface area contributed by atoms with Gasteiger partial charge in [-0.3, -0.25) is 25.0 Å². The molecule has 0 radical (unpaired) electrons. The highest BCUT2D eigenvalue weighted by molar-refractivity contribution is 6.04. The van der Waals surface area contributed by atoms with Crippen molar-refractivity contribution in [3.63, 3.8) is 0 Å². The third-order valence-electron chi connectivity index (χ3n) is 2.54. The molecule has 0 spiro atoms. The van der Waals surface area contributed by atoms with E-state index in [9.17, 15) is 25.0 Å². The van der Waals surface area contributed by atoms with Crippen molar-refractivity contribution in [3.8, 4) is 0 Å². The zero-order chi connectivity index (χ0) is 15.4. The lowest BCUT2D eigenvalue weighted by atomic mass is 10.1. The molecule has 0 atom stereocenters. The predicted octanol–water partition coefficient (Wildman–Crippen LogP) is 2.15. The van der Waals surface area contributed by atoms with Gasteiger partial charge >= 0.3 is 11.4 Å². The molecule has 2 aromatic rings. The Morgan fingerprint density at radius 3 is 2.33 bits per heavy atom. The Balaban J connectivity index is 2.32. The molecule has 1 heterocycles. The molecule has 1 aromatic carbocycles. The summed E-state index contributed by atoms with van der Waals surface area (Å²) in [5, 5.41) is 23.9. The smallest absolute Gasteiger partial charge is 0.307 e. The van der Waals surface area contributed by atoms with E-state index in [1.165, 1.54) is 12.3 Å². The number of pyridine rings is 1. The molecule has 0 saturated heterocycles. The van der Waals surface area contributed by atoms with Crippen LogP contribution in [0.4, 0.5) is 17.2 Å². The standard InChI is InChI=1S/C12H8N4O5/c17-12(14-11-3-1-2-6-13-11)8-4-5-9(15(18)19)10(7-8)16(20)21/h1-7H,(H,13,14,17). The quantitative estimate of drug-likeness (QED) is 0.677. The van der Waals surface area contributed by atoms with Crippen molar-refractivity contribution in [2.45, 2.75) is 0 Å². The van der Waals surface area contributed by atoms with Crippen molar-refractivity contribution in [1.29, 1.82) is 0 Å². The van der Waals surface area contributed by atoms with Crippen LogP contribution in [0.15, 0.2) is 42.6 Å². The molecule has 1 N–H and O–H groups in total. The van der Waals surface area contributed by atoms with Crippen molar-refractivity contribution in [2.75, 3.05) is 5.32 Å². The van der Waals surface area contributed by atoms with Crippen LogP contribution in [0.5, 0.6) is 0 Å². The number of carbonyl (C=O) groups is 1. The lowest BCUT2D eigenvalue weighted by molar-refractivity contribution is -0.422. The number of amides is 1. The van der Waals surface area contributed by atoms with Crippen LogP contribution >= 0.6 is 0 Å². The van der Waals surface area contributed by atoms with E-state index in [2.05, 4.69) is 10.3 Å².